The van der Waals surface area contributed by atoms with Crippen molar-refractivity contribution in [3.63, 3.8) is 0 Å². The van der Waals surface area contributed by atoms with Gasteiger partial charge in [0.2, 0.25) is 11.8 Å². The van der Waals surface area contributed by atoms with Gasteiger partial charge in [-0.15, -0.1) is 0 Å². The Hall–Kier alpha value is -1.10. The third-order valence-corrected chi connectivity index (χ3v) is 2.76. The largest absolute Gasteiger partial charge is 0.378 e. The van der Waals surface area contributed by atoms with E-state index in [1.807, 2.05) is 20.8 Å². The molecule has 0 spiro atoms. The Bertz CT molecular complexity index is 304. The molecule has 1 heterocycles. The lowest BCUT2D eigenvalue weighted by Gasteiger charge is -2.29. The van der Waals surface area contributed by atoms with Crippen LogP contribution in [0.2, 0.25) is 0 Å². The predicted molar refractivity (Wildman–Crippen MR) is 69.1 cm³/mol. The number of nitrogens with one attached hydrogen (secondary N) is 1. The topological polar surface area (TPSA) is 58.6 Å². The van der Waals surface area contributed by atoms with E-state index in [0.717, 1.165) is 0 Å². The van der Waals surface area contributed by atoms with Gasteiger partial charge in [0.15, 0.2) is 0 Å². The number of nitrogens with zero attached hydrogens (tertiary/aromatic N) is 1. The van der Waals surface area contributed by atoms with E-state index in [1.165, 1.54) is 0 Å². The van der Waals surface area contributed by atoms with Gasteiger partial charge in [0, 0.05) is 19.5 Å². The zero-order valence-corrected chi connectivity index (χ0v) is 11.8. The van der Waals surface area contributed by atoms with Crippen molar-refractivity contribution >= 4 is 11.8 Å². The quantitative estimate of drug-likeness (QED) is 0.812. The SMILES string of the molecule is C[C@@H](NC(=O)CC(C)(C)C)C(=O)N1CCOCC1. The smallest absolute Gasteiger partial charge is 0.245 e. The fraction of sp³-hybridized carbons (Fsp3) is 0.846. The van der Waals surface area contributed by atoms with Crippen LogP contribution < -0.4 is 5.32 Å². The number of hydrogen-bond acceptors (Lipinski definition) is 3. The van der Waals surface area contributed by atoms with E-state index in [9.17, 15) is 9.59 Å². The van der Waals surface area contributed by atoms with Crippen LogP contribution in [0.5, 0.6) is 0 Å². The van der Waals surface area contributed by atoms with E-state index < -0.39 is 6.04 Å². The second-order valence-corrected chi connectivity index (χ2v) is 5.96. The van der Waals surface area contributed by atoms with Crippen molar-refractivity contribution in [2.24, 2.45) is 5.41 Å². The van der Waals surface area contributed by atoms with Crippen LogP contribution >= 0.6 is 0 Å². The zero-order valence-electron chi connectivity index (χ0n) is 11.8. The Morgan fingerprint density at radius 1 is 1.28 bits per heavy atom. The number of carbonyl (C=O) groups excluding carboxylic acids is 2. The first-order valence-electron chi connectivity index (χ1n) is 6.45. The number of carbonyl (C=O) groups is 2. The molecule has 1 aliphatic heterocycles. The summed E-state index contributed by atoms with van der Waals surface area (Å²) in [7, 11) is 0. The molecule has 2 amide bonds. The predicted octanol–water partition coefficient (Wildman–Crippen LogP) is 0.786. The maximum Gasteiger partial charge on any atom is 0.245 e. The van der Waals surface area contributed by atoms with Crippen LogP contribution in [0.3, 0.4) is 0 Å². The molecule has 1 N–H and O–H groups in total. The summed E-state index contributed by atoms with van der Waals surface area (Å²) < 4.78 is 5.20. The number of morpholine rings is 1. The second kappa shape index (κ2) is 6.18. The molecule has 0 aromatic rings. The van der Waals surface area contributed by atoms with Gasteiger partial charge in [-0.25, -0.2) is 0 Å². The summed E-state index contributed by atoms with van der Waals surface area (Å²) in [5, 5.41) is 2.76. The molecule has 1 aliphatic rings. The third kappa shape index (κ3) is 5.04. The van der Waals surface area contributed by atoms with Gasteiger partial charge >= 0.3 is 0 Å². The van der Waals surface area contributed by atoms with Crippen LogP contribution in [0.1, 0.15) is 34.1 Å². The van der Waals surface area contributed by atoms with Crippen molar-refractivity contribution in [3.05, 3.63) is 0 Å². The first-order chi connectivity index (χ1) is 8.29. The van der Waals surface area contributed by atoms with Gasteiger partial charge < -0.3 is 15.0 Å². The third-order valence-electron chi connectivity index (χ3n) is 2.76. The fourth-order valence-corrected chi connectivity index (χ4v) is 1.89. The van der Waals surface area contributed by atoms with Crippen LogP contribution in [-0.2, 0) is 14.3 Å². The molecule has 104 valence electrons. The van der Waals surface area contributed by atoms with Crippen molar-refractivity contribution < 1.29 is 14.3 Å². The lowest BCUT2D eigenvalue weighted by Crippen LogP contribution is -2.50. The van der Waals surface area contributed by atoms with E-state index >= 15 is 0 Å². The molecule has 18 heavy (non-hydrogen) atoms. The number of rotatable bonds is 3. The van der Waals surface area contributed by atoms with E-state index in [1.54, 1.807) is 11.8 Å². The lowest BCUT2D eigenvalue weighted by atomic mass is 9.92. The average Bonchev–Trinajstić information content (AvgIpc) is 2.26. The Balaban J connectivity index is 2.41. The average molecular weight is 256 g/mol. The molecule has 1 atom stereocenters. The van der Waals surface area contributed by atoms with Crippen LogP contribution in [0.15, 0.2) is 0 Å². The van der Waals surface area contributed by atoms with Crippen molar-refractivity contribution in [3.8, 4) is 0 Å². The van der Waals surface area contributed by atoms with Crippen LogP contribution in [0.4, 0.5) is 0 Å². The molecule has 0 bridgehead atoms. The van der Waals surface area contributed by atoms with Gasteiger partial charge in [-0.05, 0) is 12.3 Å². The number of amides is 2. The highest BCUT2D eigenvalue weighted by Crippen LogP contribution is 2.18. The van der Waals surface area contributed by atoms with Gasteiger partial charge in [-0.3, -0.25) is 9.59 Å². The lowest BCUT2D eigenvalue weighted by molar-refractivity contribution is -0.139. The Morgan fingerprint density at radius 3 is 2.33 bits per heavy atom. The number of hydrogen-bond donors (Lipinski definition) is 1. The van der Waals surface area contributed by atoms with Crippen molar-refractivity contribution in [2.75, 3.05) is 26.3 Å². The van der Waals surface area contributed by atoms with Gasteiger partial charge in [0.05, 0.1) is 13.2 Å². The Labute approximate surface area is 109 Å². The molecule has 1 rings (SSSR count). The summed E-state index contributed by atoms with van der Waals surface area (Å²) in [6.45, 7) is 10.1. The minimum Gasteiger partial charge on any atom is -0.378 e. The molecule has 0 unspecified atom stereocenters. The molecular weight excluding hydrogens is 232 g/mol. The zero-order chi connectivity index (χ0) is 13.8. The normalized spacial score (nSPS) is 18.3. The van der Waals surface area contributed by atoms with Gasteiger partial charge in [0.1, 0.15) is 6.04 Å². The summed E-state index contributed by atoms with van der Waals surface area (Å²) in [5.74, 6) is -0.0998. The molecule has 1 fully saturated rings. The fourth-order valence-electron chi connectivity index (χ4n) is 1.89. The molecular formula is C13H24N2O3. The van der Waals surface area contributed by atoms with Gasteiger partial charge in [-0.1, -0.05) is 20.8 Å². The van der Waals surface area contributed by atoms with Crippen molar-refractivity contribution in [1.29, 1.82) is 0 Å². The molecule has 5 heteroatoms. The molecule has 0 saturated carbocycles. The summed E-state index contributed by atoms with van der Waals surface area (Å²) in [6.07, 6.45) is 0.424. The second-order valence-electron chi connectivity index (χ2n) is 5.96. The number of ether oxygens (including phenoxy) is 1. The van der Waals surface area contributed by atoms with E-state index in [0.29, 0.717) is 32.7 Å². The molecule has 0 aromatic heterocycles. The molecule has 5 nitrogen and oxygen atoms in total. The highest BCUT2D eigenvalue weighted by molar-refractivity contribution is 5.87. The molecule has 0 radical (unpaired) electrons. The van der Waals surface area contributed by atoms with Crippen LogP contribution in [0, 0.1) is 5.41 Å². The highest BCUT2D eigenvalue weighted by atomic mass is 16.5. The Morgan fingerprint density at radius 2 is 1.83 bits per heavy atom. The maximum atomic E-state index is 12.1. The molecule has 1 saturated heterocycles. The standard InChI is InChI=1S/C13H24N2O3/c1-10(14-11(16)9-13(2,3)4)12(17)15-5-7-18-8-6-15/h10H,5-9H2,1-4H3,(H,14,16)/t10-/m1/s1. The minimum atomic E-state index is -0.460. The van der Waals surface area contributed by atoms with E-state index in [4.69, 9.17) is 4.74 Å². The summed E-state index contributed by atoms with van der Waals surface area (Å²) in [4.78, 5) is 25.5. The first-order valence-corrected chi connectivity index (χ1v) is 6.45. The summed E-state index contributed by atoms with van der Waals surface area (Å²) >= 11 is 0. The summed E-state index contributed by atoms with van der Waals surface area (Å²) in [6, 6.07) is -0.460. The van der Waals surface area contributed by atoms with Crippen LogP contribution in [0.25, 0.3) is 0 Å². The van der Waals surface area contributed by atoms with Crippen LogP contribution in [-0.4, -0.2) is 49.1 Å². The van der Waals surface area contributed by atoms with Gasteiger partial charge in [-0.2, -0.15) is 0 Å². The first kappa shape index (κ1) is 15.0. The van der Waals surface area contributed by atoms with E-state index in [-0.39, 0.29) is 17.2 Å². The minimum absolute atomic E-state index is 0.0273. The maximum absolute atomic E-state index is 12.1. The summed E-state index contributed by atoms with van der Waals surface area (Å²) in [5.41, 5.74) is -0.0637. The molecule has 0 aromatic carbocycles. The Kier molecular flexibility index (Phi) is 5.14. The molecule has 0 aliphatic carbocycles. The van der Waals surface area contributed by atoms with Crippen molar-refractivity contribution in [1.82, 2.24) is 10.2 Å². The van der Waals surface area contributed by atoms with Gasteiger partial charge in [0.25, 0.3) is 0 Å². The highest BCUT2D eigenvalue weighted by Gasteiger charge is 2.25. The van der Waals surface area contributed by atoms with Crippen molar-refractivity contribution in [2.45, 2.75) is 40.2 Å². The van der Waals surface area contributed by atoms with E-state index in [2.05, 4.69) is 5.32 Å². The monoisotopic (exact) mass is 256 g/mol.